The lowest BCUT2D eigenvalue weighted by atomic mass is 10.2. The Morgan fingerprint density at radius 1 is 1.19 bits per heavy atom. The number of amides is 1. The first kappa shape index (κ1) is 17.0. The van der Waals surface area contributed by atoms with Gasteiger partial charge in [0.15, 0.2) is 0 Å². The van der Waals surface area contributed by atoms with Crippen molar-refractivity contribution in [1.29, 1.82) is 0 Å². The van der Waals surface area contributed by atoms with Gasteiger partial charge in [0.25, 0.3) is 0 Å². The average Bonchev–Trinajstić information content (AvgIpc) is 3.34. The molecular formula is C18H13FN6OS. The number of rotatable bonds is 5. The molecule has 0 atom stereocenters. The summed E-state index contributed by atoms with van der Waals surface area (Å²) in [5, 5.41) is 16.3. The molecule has 4 rings (SSSR count). The van der Waals surface area contributed by atoms with E-state index in [0.717, 1.165) is 5.69 Å². The van der Waals surface area contributed by atoms with E-state index in [4.69, 9.17) is 0 Å². The highest BCUT2D eigenvalue weighted by molar-refractivity contribution is 7.13. The van der Waals surface area contributed by atoms with Gasteiger partial charge in [-0.25, -0.2) is 14.1 Å². The van der Waals surface area contributed by atoms with Crippen molar-refractivity contribution < 1.29 is 9.18 Å². The number of carbonyl (C=O) groups excluding carboxylic acids is 1. The van der Waals surface area contributed by atoms with Crippen LogP contribution in [-0.2, 0) is 11.2 Å². The first-order valence-corrected chi connectivity index (χ1v) is 8.89. The average molecular weight is 380 g/mol. The number of nitrogens with zero attached hydrogens (tertiary/aromatic N) is 5. The van der Waals surface area contributed by atoms with E-state index in [0.29, 0.717) is 22.0 Å². The molecule has 2 heterocycles. The Morgan fingerprint density at radius 2 is 2.07 bits per heavy atom. The third-order valence-electron chi connectivity index (χ3n) is 3.71. The summed E-state index contributed by atoms with van der Waals surface area (Å²) in [6.07, 6.45) is 1.60. The van der Waals surface area contributed by atoms with Crippen molar-refractivity contribution in [2.75, 3.05) is 5.32 Å². The number of anilines is 1. The fourth-order valence-corrected chi connectivity index (χ4v) is 3.33. The predicted molar refractivity (Wildman–Crippen MR) is 99.0 cm³/mol. The lowest BCUT2D eigenvalue weighted by Gasteiger charge is -2.06. The number of hydrogen-bond donors (Lipinski definition) is 1. The minimum Gasteiger partial charge on any atom is -0.326 e. The van der Waals surface area contributed by atoms with Crippen LogP contribution in [0, 0.1) is 5.82 Å². The molecule has 0 bridgehead atoms. The molecule has 0 aliphatic rings. The Balaban J connectivity index is 1.44. The van der Waals surface area contributed by atoms with E-state index in [-0.39, 0.29) is 18.1 Å². The fraction of sp³-hybridized carbons (Fsp3) is 0.0556. The molecule has 2 aromatic heterocycles. The summed E-state index contributed by atoms with van der Waals surface area (Å²) in [6, 6.07) is 13.4. The molecule has 0 saturated heterocycles. The molecule has 1 N–H and O–H groups in total. The second-order valence-electron chi connectivity index (χ2n) is 5.68. The summed E-state index contributed by atoms with van der Waals surface area (Å²) in [7, 11) is 0. The number of halogens is 1. The maximum absolute atomic E-state index is 13.3. The van der Waals surface area contributed by atoms with Crippen LogP contribution in [0.4, 0.5) is 10.1 Å². The maximum Gasteiger partial charge on any atom is 0.230 e. The van der Waals surface area contributed by atoms with Crippen LogP contribution < -0.4 is 5.32 Å². The third kappa shape index (κ3) is 4.04. The molecule has 2 aromatic carbocycles. The third-order valence-corrected chi connectivity index (χ3v) is 4.65. The topological polar surface area (TPSA) is 85.6 Å². The molecule has 27 heavy (non-hydrogen) atoms. The summed E-state index contributed by atoms with van der Waals surface area (Å²) in [4.78, 5) is 16.7. The molecule has 0 spiro atoms. The van der Waals surface area contributed by atoms with Gasteiger partial charge in [-0.15, -0.1) is 16.4 Å². The van der Waals surface area contributed by atoms with Crippen LogP contribution in [0.3, 0.4) is 0 Å². The zero-order valence-electron chi connectivity index (χ0n) is 13.9. The molecule has 0 aliphatic carbocycles. The van der Waals surface area contributed by atoms with Crippen LogP contribution in [0.25, 0.3) is 16.3 Å². The van der Waals surface area contributed by atoms with Gasteiger partial charge in [0.2, 0.25) is 5.91 Å². The molecular weight excluding hydrogens is 367 g/mol. The highest BCUT2D eigenvalue weighted by Gasteiger charge is 2.10. The van der Waals surface area contributed by atoms with Gasteiger partial charge >= 0.3 is 0 Å². The summed E-state index contributed by atoms with van der Waals surface area (Å²) in [6.45, 7) is 0. The number of carbonyl (C=O) groups is 1. The van der Waals surface area contributed by atoms with Gasteiger partial charge in [-0.1, -0.05) is 18.2 Å². The van der Waals surface area contributed by atoms with Crippen molar-refractivity contribution in [3.05, 3.63) is 71.7 Å². The van der Waals surface area contributed by atoms with E-state index in [1.165, 1.54) is 34.5 Å². The largest absolute Gasteiger partial charge is 0.326 e. The Labute approximate surface area is 157 Å². The van der Waals surface area contributed by atoms with Crippen molar-refractivity contribution in [2.24, 2.45) is 0 Å². The Bertz CT molecular complexity index is 1080. The summed E-state index contributed by atoms with van der Waals surface area (Å²) in [5.74, 6) is -0.510. The van der Waals surface area contributed by atoms with Gasteiger partial charge in [0, 0.05) is 16.6 Å². The lowest BCUT2D eigenvalue weighted by Crippen LogP contribution is -2.14. The quantitative estimate of drug-likeness (QED) is 0.575. The zero-order valence-corrected chi connectivity index (χ0v) is 14.7. The van der Waals surface area contributed by atoms with Crippen LogP contribution >= 0.6 is 11.3 Å². The van der Waals surface area contributed by atoms with Gasteiger partial charge < -0.3 is 5.32 Å². The fourth-order valence-electron chi connectivity index (χ4n) is 2.52. The Hall–Kier alpha value is -3.46. The molecule has 9 heteroatoms. The molecule has 7 nitrogen and oxygen atoms in total. The van der Waals surface area contributed by atoms with Crippen molar-refractivity contribution in [3.63, 3.8) is 0 Å². The lowest BCUT2D eigenvalue weighted by molar-refractivity contribution is -0.115. The zero-order chi connectivity index (χ0) is 18.6. The van der Waals surface area contributed by atoms with Crippen molar-refractivity contribution in [3.8, 4) is 16.3 Å². The van der Waals surface area contributed by atoms with Gasteiger partial charge in [-0.3, -0.25) is 4.79 Å². The summed E-state index contributed by atoms with van der Waals surface area (Å²) in [5.41, 5.74) is 2.70. The van der Waals surface area contributed by atoms with Gasteiger partial charge in [0.1, 0.15) is 17.2 Å². The molecule has 134 valence electrons. The molecule has 1 amide bonds. The SMILES string of the molecule is O=C(Cc1csc(-c2cccc(F)c2)n1)Nc1cccc(-n2cnnn2)c1. The second kappa shape index (κ2) is 7.42. The van der Waals surface area contributed by atoms with Gasteiger partial charge in [-0.2, -0.15) is 0 Å². The van der Waals surface area contributed by atoms with Crippen molar-refractivity contribution >= 4 is 22.9 Å². The molecule has 0 fully saturated rings. The molecule has 0 radical (unpaired) electrons. The van der Waals surface area contributed by atoms with E-state index < -0.39 is 0 Å². The maximum atomic E-state index is 13.3. The van der Waals surface area contributed by atoms with Gasteiger partial charge in [-0.05, 0) is 40.8 Å². The normalized spacial score (nSPS) is 10.7. The van der Waals surface area contributed by atoms with E-state index in [1.807, 2.05) is 6.07 Å². The van der Waals surface area contributed by atoms with E-state index in [1.54, 1.807) is 35.7 Å². The minimum absolute atomic E-state index is 0.126. The van der Waals surface area contributed by atoms with E-state index in [2.05, 4.69) is 25.8 Å². The molecule has 4 aromatic rings. The van der Waals surface area contributed by atoms with E-state index >= 15 is 0 Å². The Morgan fingerprint density at radius 3 is 2.89 bits per heavy atom. The van der Waals surface area contributed by atoms with E-state index in [9.17, 15) is 9.18 Å². The number of thiazole rings is 1. The number of tetrazole rings is 1. The van der Waals surface area contributed by atoms with Crippen LogP contribution in [-0.4, -0.2) is 31.1 Å². The monoisotopic (exact) mass is 380 g/mol. The molecule has 0 aliphatic heterocycles. The van der Waals surface area contributed by atoms with Crippen LogP contribution in [0.5, 0.6) is 0 Å². The number of nitrogens with one attached hydrogen (secondary N) is 1. The number of benzene rings is 2. The minimum atomic E-state index is -0.315. The highest BCUT2D eigenvalue weighted by Crippen LogP contribution is 2.24. The van der Waals surface area contributed by atoms with Crippen LogP contribution in [0.2, 0.25) is 0 Å². The predicted octanol–water partition coefficient (Wildman–Crippen LogP) is 3.11. The van der Waals surface area contributed by atoms with Crippen LogP contribution in [0.1, 0.15) is 5.69 Å². The van der Waals surface area contributed by atoms with Crippen molar-refractivity contribution in [2.45, 2.75) is 6.42 Å². The standard InChI is InChI=1S/C18H13FN6OS/c19-13-4-1-3-12(7-13)18-22-15(10-27-18)9-17(26)21-14-5-2-6-16(8-14)25-11-20-23-24-25/h1-8,10-11H,9H2,(H,21,26). The van der Waals surface area contributed by atoms with Crippen LogP contribution in [0.15, 0.2) is 60.2 Å². The number of hydrogen-bond acceptors (Lipinski definition) is 6. The summed E-state index contributed by atoms with van der Waals surface area (Å²) < 4.78 is 14.8. The smallest absolute Gasteiger partial charge is 0.230 e. The van der Waals surface area contributed by atoms with Gasteiger partial charge in [0.05, 0.1) is 17.8 Å². The molecule has 0 saturated carbocycles. The molecule has 0 unspecified atom stereocenters. The highest BCUT2D eigenvalue weighted by atomic mass is 32.1. The second-order valence-corrected chi connectivity index (χ2v) is 6.54. The van der Waals surface area contributed by atoms with Crippen molar-refractivity contribution in [1.82, 2.24) is 25.2 Å². The first-order chi connectivity index (χ1) is 13.2. The number of aromatic nitrogens is 5. The summed E-state index contributed by atoms with van der Waals surface area (Å²) >= 11 is 1.38. The Kier molecular flexibility index (Phi) is 4.67. The first-order valence-electron chi connectivity index (χ1n) is 8.01.